The number of rotatable bonds is 9. The largest absolute Gasteiger partial charge is 0.465 e. The van der Waals surface area contributed by atoms with E-state index in [0.717, 1.165) is 5.56 Å². The van der Waals surface area contributed by atoms with E-state index in [4.69, 9.17) is 4.74 Å². The molecule has 0 spiro atoms. The molecule has 194 valence electrons. The highest BCUT2D eigenvalue weighted by Gasteiger charge is 2.29. The Morgan fingerprint density at radius 2 is 1.78 bits per heavy atom. The first-order chi connectivity index (χ1) is 17.6. The number of benzene rings is 2. The third-order valence-electron chi connectivity index (χ3n) is 5.82. The molecule has 0 fully saturated rings. The number of ether oxygens (including phenoxy) is 1. The first-order valence-electron chi connectivity index (χ1n) is 11.4. The maximum absolute atomic E-state index is 13.1. The molecule has 9 nitrogen and oxygen atoms in total. The van der Waals surface area contributed by atoms with Crippen LogP contribution in [-0.2, 0) is 19.6 Å². The number of carbonyl (C=O) groups excluding carboxylic acids is 2. The smallest absolute Gasteiger partial charge is 0.337 e. The molecule has 0 aliphatic carbocycles. The molecule has 1 aliphatic heterocycles. The molecule has 0 atom stereocenters. The third kappa shape index (κ3) is 5.85. The number of amides is 1. The van der Waals surface area contributed by atoms with Crippen molar-refractivity contribution in [3.63, 3.8) is 0 Å². The van der Waals surface area contributed by atoms with Gasteiger partial charge in [0.25, 0.3) is 5.91 Å². The van der Waals surface area contributed by atoms with E-state index in [1.807, 2.05) is 35.8 Å². The Labute approximate surface area is 220 Å². The molecule has 3 aromatic rings. The zero-order chi connectivity index (χ0) is 26.7. The minimum absolute atomic E-state index is 0.297. The standard InChI is InChI=1S/C26H28N4O5S2/c1-29(2)12-13-30(37(4,33)34)20-8-6-19(7-9-20)27-24(18-11-14-36-16-18)23-21-10-5-17(26(32)35-3)15-22(21)28-25(23)31/h5-11,14-16,27H,12-13H2,1-4H3,(H,28,31). The zero-order valence-corrected chi connectivity index (χ0v) is 22.6. The number of thiophene rings is 1. The summed E-state index contributed by atoms with van der Waals surface area (Å²) >= 11 is 1.50. The maximum atomic E-state index is 13.1. The Balaban J connectivity index is 1.71. The molecule has 1 aliphatic rings. The summed E-state index contributed by atoms with van der Waals surface area (Å²) in [5.41, 5.74) is 4.64. The third-order valence-corrected chi connectivity index (χ3v) is 7.70. The van der Waals surface area contributed by atoms with Gasteiger partial charge in [0.05, 0.1) is 41.6 Å². The lowest BCUT2D eigenvalue weighted by Crippen LogP contribution is -2.35. The van der Waals surface area contributed by atoms with Gasteiger partial charge in [-0.3, -0.25) is 9.10 Å². The summed E-state index contributed by atoms with van der Waals surface area (Å²) in [7, 11) is 1.63. The molecule has 2 aromatic carbocycles. The summed E-state index contributed by atoms with van der Waals surface area (Å²) in [6.45, 7) is 0.904. The molecule has 0 saturated carbocycles. The van der Waals surface area contributed by atoms with Gasteiger partial charge in [0.2, 0.25) is 10.0 Å². The minimum Gasteiger partial charge on any atom is -0.465 e. The van der Waals surface area contributed by atoms with Gasteiger partial charge in [0.1, 0.15) is 0 Å². The lowest BCUT2D eigenvalue weighted by Gasteiger charge is -2.24. The quantitative estimate of drug-likeness (QED) is 0.314. The van der Waals surface area contributed by atoms with E-state index >= 15 is 0 Å². The Bertz CT molecular complexity index is 1450. The molecule has 11 heteroatoms. The number of hydrogen-bond acceptors (Lipinski definition) is 8. The second kappa shape index (κ2) is 10.8. The average molecular weight is 541 g/mol. The van der Waals surface area contributed by atoms with Crippen molar-refractivity contribution in [2.45, 2.75) is 0 Å². The fourth-order valence-corrected chi connectivity index (χ4v) is 5.55. The SMILES string of the molecule is COC(=O)c1ccc2c(c1)NC(=O)C2=C(Nc1ccc(N(CCN(C)C)S(C)(=O)=O)cc1)c1ccsc1. The van der Waals surface area contributed by atoms with E-state index < -0.39 is 16.0 Å². The van der Waals surface area contributed by atoms with Gasteiger partial charge >= 0.3 is 5.97 Å². The van der Waals surface area contributed by atoms with Gasteiger partial charge in [-0.2, -0.15) is 11.3 Å². The summed E-state index contributed by atoms with van der Waals surface area (Å²) in [6, 6.07) is 13.9. The van der Waals surface area contributed by atoms with Gasteiger partial charge < -0.3 is 20.3 Å². The molecular formula is C26H28N4O5S2. The van der Waals surface area contributed by atoms with Gasteiger partial charge in [-0.1, -0.05) is 6.07 Å². The number of anilines is 3. The maximum Gasteiger partial charge on any atom is 0.337 e. The van der Waals surface area contributed by atoms with Crippen molar-refractivity contribution < 1.29 is 22.7 Å². The predicted molar refractivity (Wildman–Crippen MR) is 148 cm³/mol. The van der Waals surface area contributed by atoms with Crippen LogP contribution in [0, 0.1) is 0 Å². The zero-order valence-electron chi connectivity index (χ0n) is 20.9. The number of nitrogens with zero attached hydrogens (tertiary/aromatic N) is 2. The highest BCUT2D eigenvalue weighted by atomic mass is 32.2. The van der Waals surface area contributed by atoms with Crippen LogP contribution in [0.1, 0.15) is 21.5 Å². The summed E-state index contributed by atoms with van der Waals surface area (Å²) in [5.74, 6) is -0.784. The minimum atomic E-state index is -3.46. The number of esters is 1. The second-order valence-corrected chi connectivity index (χ2v) is 11.5. The van der Waals surface area contributed by atoms with Crippen LogP contribution in [0.5, 0.6) is 0 Å². The van der Waals surface area contributed by atoms with Crippen LogP contribution in [-0.4, -0.2) is 65.7 Å². The molecular weight excluding hydrogens is 512 g/mol. The van der Waals surface area contributed by atoms with Crippen LogP contribution >= 0.6 is 11.3 Å². The van der Waals surface area contributed by atoms with Crippen LogP contribution in [0.4, 0.5) is 17.1 Å². The first kappa shape index (κ1) is 26.4. The number of nitrogens with one attached hydrogen (secondary N) is 2. The summed E-state index contributed by atoms with van der Waals surface area (Å²) in [5, 5.41) is 10.1. The molecule has 4 rings (SSSR count). The topological polar surface area (TPSA) is 108 Å². The lowest BCUT2D eigenvalue weighted by atomic mass is 10.0. The van der Waals surface area contributed by atoms with Crippen molar-refractivity contribution in [3.05, 3.63) is 76.0 Å². The van der Waals surface area contributed by atoms with Crippen molar-refractivity contribution in [2.75, 3.05) is 55.5 Å². The van der Waals surface area contributed by atoms with Gasteiger partial charge in [-0.05, 0) is 61.9 Å². The summed E-state index contributed by atoms with van der Waals surface area (Å²) in [6.07, 6.45) is 1.19. The number of carbonyl (C=O) groups is 2. The van der Waals surface area contributed by atoms with E-state index in [1.165, 1.54) is 29.0 Å². The molecule has 1 aromatic heterocycles. The number of fused-ring (bicyclic) bond motifs is 1. The molecule has 0 bridgehead atoms. The van der Waals surface area contributed by atoms with E-state index in [0.29, 0.717) is 52.5 Å². The van der Waals surface area contributed by atoms with Crippen LogP contribution in [0.25, 0.3) is 11.3 Å². The van der Waals surface area contributed by atoms with Crippen molar-refractivity contribution in [3.8, 4) is 0 Å². The van der Waals surface area contributed by atoms with Crippen molar-refractivity contribution >= 4 is 61.6 Å². The van der Waals surface area contributed by atoms with E-state index in [1.54, 1.807) is 42.5 Å². The summed E-state index contributed by atoms with van der Waals surface area (Å²) in [4.78, 5) is 27.0. The monoisotopic (exact) mass is 540 g/mol. The Morgan fingerprint density at radius 3 is 2.38 bits per heavy atom. The van der Waals surface area contributed by atoms with Crippen molar-refractivity contribution in [1.29, 1.82) is 0 Å². The van der Waals surface area contributed by atoms with E-state index in [9.17, 15) is 18.0 Å². The number of likely N-dealkylation sites (N-methyl/N-ethyl adjacent to an activating group) is 1. The molecule has 0 radical (unpaired) electrons. The number of methoxy groups -OCH3 is 1. The fraction of sp³-hybridized carbons (Fsp3) is 0.231. The van der Waals surface area contributed by atoms with Crippen LogP contribution < -0.4 is 14.9 Å². The first-order valence-corrected chi connectivity index (χ1v) is 14.2. The van der Waals surface area contributed by atoms with Gasteiger partial charge in [0, 0.05) is 35.3 Å². The molecule has 0 unspecified atom stereocenters. The normalized spacial score (nSPS) is 14.2. The van der Waals surface area contributed by atoms with Crippen molar-refractivity contribution in [2.24, 2.45) is 0 Å². The molecule has 37 heavy (non-hydrogen) atoms. The van der Waals surface area contributed by atoms with E-state index in [-0.39, 0.29) is 5.91 Å². The van der Waals surface area contributed by atoms with Crippen molar-refractivity contribution in [1.82, 2.24) is 4.90 Å². The molecule has 1 amide bonds. The van der Waals surface area contributed by atoms with Gasteiger partial charge in [-0.25, -0.2) is 13.2 Å². The fourth-order valence-electron chi connectivity index (χ4n) is 3.98. The Morgan fingerprint density at radius 1 is 1.05 bits per heavy atom. The van der Waals surface area contributed by atoms with E-state index in [2.05, 4.69) is 10.6 Å². The van der Waals surface area contributed by atoms with Gasteiger partial charge in [0.15, 0.2) is 0 Å². The molecule has 2 heterocycles. The van der Waals surface area contributed by atoms with Gasteiger partial charge in [-0.15, -0.1) is 0 Å². The van der Waals surface area contributed by atoms with Crippen LogP contribution in [0.15, 0.2) is 59.3 Å². The van der Waals surface area contributed by atoms with Crippen LogP contribution in [0.3, 0.4) is 0 Å². The van der Waals surface area contributed by atoms with Crippen LogP contribution in [0.2, 0.25) is 0 Å². The molecule has 2 N–H and O–H groups in total. The highest BCUT2D eigenvalue weighted by molar-refractivity contribution is 7.92. The number of hydrogen-bond donors (Lipinski definition) is 2. The lowest BCUT2D eigenvalue weighted by molar-refractivity contribution is -0.110. The highest BCUT2D eigenvalue weighted by Crippen LogP contribution is 2.38. The number of sulfonamides is 1. The average Bonchev–Trinajstić information content (AvgIpc) is 3.49. The molecule has 0 saturated heterocycles. The Kier molecular flexibility index (Phi) is 7.67. The summed E-state index contributed by atoms with van der Waals surface area (Å²) < 4.78 is 30.9. The second-order valence-electron chi connectivity index (χ2n) is 8.78. The predicted octanol–water partition coefficient (Wildman–Crippen LogP) is 3.79. The Hall–Kier alpha value is -3.67.